The first kappa shape index (κ1) is 12.4. The van der Waals surface area contributed by atoms with Gasteiger partial charge in [-0.25, -0.2) is 0 Å². The zero-order valence-electron chi connectivity index (χ0n) is 7.62. The van der Waals surface area contributed by atoms with E-state index in [1.165, 1.54) is 24.3 Å². The summed E-state index contributed by atoms with van der Waals surface area (Å²) in [5, 5.41) is 34.1. The summed E-state index contributed by atoms with van der Waals surface area (Å²) in [5.74, 6) is -0.299. The van der Waals surface area contributed by atoms with Crippen molar-refractivity contribution < 1.29 is 10.0 Å². The molecule has 0 saturated carbocycles. The van der Waals surface area contributed by atoms with Crippen molar-refractivity contribution in [1.29, 1.82) is 10.5 Å². The van der Waals surface area contributed by atoms with Crippen LogP contribution < -0.4 is 0 Å². The Bertz CT molecular complexity index is 405. The lowest BCUT2D eigenvalue weighted by Gasteiger charge is -1.91. The Morgan fingerprint density at radius 2 is 1.87 bits per heavy atom. The number of para-hydroxylation sites is 2. The molecule has 1 aromatic carbocycles. The topological polar surface area (TPSA) is 111 Å². The molecule has 15 heavy (non-hydrogen) atoms. The molecule has 0 aliphatic heterocycles. The van der Waals surface area contributed by atoms with Crippen LogP contribution in [0.15, 0.2) is 24.3 Å². The third kappa shape index (κ3) is 4.86. The molecule has 0 spiro atoms. The SMILES string of the molecule is N#CCC#N.O=[N+]([O-])c1ccccc1O. The van der Waals surface area contributed by atoms with Crippen LogP contribution in [0.25, 0.3) is 0 Å². The number of phenolic OH excluding ortho intramolecular Hbond substituents is 1. The molecule has 1 aromatic rings. The summed E-state index contributed by atoms with van der Waals surface area (Å²) < 4.78 is 0. The number of benzene rings is 1. The molecule has 76 valence electrons. The van der Waals surface area contributed by atoms with Gasteiger partial charge in [0.2, 0.25) is 0 Å². The molecule has 0 unspecified atom stereocenters. The maximum absolute atomic E-state index is 10.1. The second kappa shape index (κ2) is 6.87. The van der Waals surface area contributed by atoms with Crippen LogP contribution in [0.4, 0.5) is 5.69 Å². The van der Waals surface area contributed by atoms with Gasteiger partial charge in [0.05, 0.1) is 17.1 Å². The summed E-state index contributed by atoms with van der Waals surface area (Å²) in [5.41, 5.74) is -0.262. The van der Waals surface area contributed by atoms with Crippen LogP contribution in [-0.4, -0.2) is 10.0 Å². The van der Waals surface area contributed by atoms with E-state index in [1.54, 1.807) is 12.1 Å². The number of hydrogen-bond acceptors (Lipinski definition) is 5. The van der Waals surface area contributed by atoms with Gasteiger partial charge in [-0.1, -0.05) is 12.1 Å². The van der Waals surface area contributed by atoms with Gasteiger partial charge in [-0.2, -0.15) is 10.5 Å². The molecule has 0 aromatic heterocycles. The van der Waals surface area contributed by atoms with Gasteiger partial charge >= 0.3 is 5.69 Å². The van der Waals surface area contributed by atoms with E-state index in [1.807, 2.05) is 0 Å². The number of nitrogens with zero attached hydrogens (tertiary/aromatic N) is 3. The molecule has 6 nitrogen and oxygen atoms in total. The van der Waals surface area contributed by atoms with Gasteiger partial charge in [0.25, 0.3) is 0 Å². The zero-order valence-corrected chi connectivity index (χ0v) is 7.62. The molecule has 1 rings (SSSR count). The second-order valence-electron chi connectivity index (χ2n) is 2.24. The number of phenols is 1. The molecular formula is C9H7N3O3. The van der Waals surface area contributed by atoms with Crippen LogP contribution in [0.2, 0.25) is 0 Å². The maximum atomic E-state index is 10.1. The van der Waals surface area contributed by atoms with Crippen molar-refractivity contribution in [3.63, 3.8) is 0 Å². The van der Waals surface area contributed by atoms with Crippen molar-refractivity contribution in [3.8, 4) is 17.9 Å². The first-order valence-corrected chi connectivity index (χ1v) is 3.79. The maximum Gasteiger partial charge on any atom is 0.310 e. The molecule has 0 fully saturated rings. The fourth-order valence-electron chi connectivity index (χ4n) is 0.654. The highest BCUT2D eigenvalue weighted by Crippen LogP contribution is 2.23. The predicted octanol–water partition coefficient (Wildman–Crippen LogP) is 1.72. The number of hydrogen-bond donors (Lipinski definition) is 1. The van der Waals surface area contributed by atoms with Gasteiger partial charge < -0.3 is 5.11 Å². The van der Waals surface area contributed by atoms with E-state index in [4.69, 9.17) is 15.6 Å². The smallest absolute Gasteiger partial charge is 0.310 e. The number of rotatable bonds is 1. The van der Waals surface area contributed by atoms with Crippen LogP contribution >= 0.6 is 0 Å². The first-order chi connectivity index (χ1) is 7.13. The van der Waals surface area contributed by atoms with Crippen LogP contribution in [0.1, 0.15) is 6.42 Å². The largest absolute Gasteiger partial charge is 0.502 e. The minimum absolute atomic E-state index is 0. The third-order valence-corrected chi connectivity index (χ3v) is 1.24. The lowest BCUT2D eigenvalue weighted by Crippen LogP contribution is -1.86. The van der Waals surface area contributed by atoms with Crippen LogP contribution in [-0.2, 0) is 0 Å². The first-order valence-electron chi connectivity index (χ1n) is 3.79. The second-order valence-corrected chi connectivity index (χ2v) is 2.24. The highest BCUT2D eigenvalue weighted by molar-refractivity contribution is 5.44. The number of nitro benzene ring substituents is 1. The standard InChI is InChI=1S/C6H5NO3.C3H2N2/c8-6-4-2-1-3-5(6)7(9)10;4-2-1-3-5/h1-4,8H;1H2. The third-order valence-electron chi connectivity index (χ3n) is 1.24. The van der Waals surface area contributed by atoms with Crippen LogP contribution in [0.5, 0.6) is 5.75 Å². The summed E-state index contributed by atoms with van der Waals surface area (Å²) in [7, 11) is 0. The van der Waals surface area contributed by atoms with E-state index in [0.717, 1.165) is 0 Å². The molecular weight excluding hydrogens is 198 g/mol. The highest BCUT2D eigenvalue weighted by Gasteiger charge is 2.09. The number of nitro groups is 1. The molecule has 0 atom stereocenters. The monoisotopic (exact) mass is 205 g/mol. The minimum Gasteiger partial charge on any atom is -0.502 e. The Morgan fingerprint density at radius 1 is 1.33 bits per heavy atom. The normalized spacial score (nSPS) is 7.60. The van der Waals surface area contributed by atoms with Gasteiger partial charge in [-0.05, 0) is 6.07 Å². The molecule has 0 aliphatic carbocycles. The summed E-state index contributed by atoms with van der Waals surface area (Å²) in [6.07, 6.45) is 0. The van der Waals surface area contributed by atoms with Gasteiger partial charge in [0.1, 0.15) is 6.42 Å². The molecule has 0 bridgehead atoms. The quantitative estimate of drug-likeness (QED) is 0.554. The summed E-state index contributed by atoms with van der Waals surface area (Å²) >= 11 is 0. The average molecular weight is 205 g/mol. The Kier molecular flexibility index (Phi) is 5.68. The molecule has 0 saturated heterocycles. The van der Waals surface area contributed by atoms with Gasteiger partial charge in [-0.3, -0.25) is 10.1 Å². The molecule has 6 heteroatoms. The lowest BCUT2D eigenvalue weighted by molar-refractivity contribution is -0.385. The van der Waals surface area contributed by atoms with E-state index >= 15 is 0 Å². The number of nitriles is 2. The molecule has 0 heterocycles. The van der Waals surface area contributed by atoms with E-state index in [-0.39, 0.29) is 17.9 Å². The molecule has 0 amide bonds. The van der Waals surface area contributed by atoms with Crippen LogP contribution in [0.3, 0.4) is 0 Å². The average Bonchev–Trinajstić information content (AvgIpc) is 2.20. The van der Waals surface area contributed by atoms with Gasteiger partial charge in [0.15, 0.2) is 5.75 Å². The van der Waals surface area contributed by atoms with Crippen molar-refractivity contribution >= 4 is 5.69 Å². The summed E-state index contributed by atoms with van der Waals surface area (Å²) in [6, 6.07) is 8.86. The Morgan fingerprint density at radius 3 is 2.13 bits per heavy atom. The van der Waals surface area contributed by atoms with Gasteiger partial charge in [0, 0.05) is 6.07 Å². The van der Waals surface area contributed by atoms with Crippen LogP contribution in [0, 0.1) is 32.8 Å². The summed E-state index contributed by atoms with van der Waals surface area (Å²) in [6.45, 7) is 0. The van der Waals surface area contributed by atoms with Crippen molar-refractivity contribution in [3.05, 3.63) is 34.4 Å². The minimum atomic E-state index is -0.630. The predicted molar refractivity (Wildman–Crippen MR) is 50.6 cm³/mol. The summed E-state index contributed by atoms with van der Waals surface area (Å²) in [4.78, 5) is 9.44. The molecule has 0 aliphatic rings. The van der Waals surface area contributed by atoms with Crippen molar-refractivity contribution in [2.75, 3.05) is 0 Å². The molecule has 0 radical (unpaired) electrons. The Labute approximate surface area is 85.8 Å². The van der Waals surface area contributed by atoms with Crippen molar-refractivity contribution in [2.24, 2.45) is 0 Å². The molecule has 1 N–H and O–H groups in total. The lowest BCUT2D eigenvalue weighted by atomic mass is 10.3. The zero-order chi connectivity index (χ0) is 11.7. The Balaban J connectivity index is 0.000000336. The van der Waals surface area contributed by atoms with E-state index in [9.17, 15) is 10.1 Å². The van der Waals surface area contributed by atoms with E-state index in [2.05, 4.69) is 0 Å². The number of aromatic hydroxyl groups is 1. The van der Waals surface area contributed by atoms with Gasteiger partial charge in [-0.15, -0.1) is 0 Å². The fraction of sp³-hybridized carbons (Fsp3) is 0.111. The van der Waals surface area contributed by atoms with E-state index < -0.39 is 4.92 Å². The van der Waals surface area contributed by atoms with Crippen molar-refractivity contribution in [2.45, 2.75) is 6.42 Å². The van der Waals surface area contributed by atoms with Crippen molar-refractivity contribution in [1.82, 2.24) is 0 Å². The van der Waals surface area contributed by atoms with E-state index in [0.29, 0.717) is 0 Å². The fourth-order valence-corrected chi connectivity index (χ4v) is 0.654. The highest BCUT2D eigenvalue weighted by atomic mass is 16.6. The Hall–Kier alpha value is -2.60.